The van der Waals surface area contributed by atoms with Gasteiger partial charge in [-0.25, -0.2) is 0 Å². The Morgan fingerprint density at radius 1 is 1.30 bits per heavy atom. The first kappa shape index (κ1) is 7.38. The molecule has 0 aliphatic heterocycles. The van der Waals surface area contributed by atoms with Crippen LogP contribution < -0.4 is 5.11 Å². The first-order chi connectivity index (χ1) is 4.79. The molecule has 0 heterocycles. The predicted octanol–water partition coefficient (Wildman–Crippen LogP) is 1.29. The van der Waals surface area contributed by atoms with Gasteiger partial charge in [-0.3, -0.25) is 0 Å². The summed E-state index contributed by atoms with van der Waals surface area (Å²) in [6, 6.07) is 9.62. The maximum absolute atomic E-state index is 10.6. The minimum Gasteiger partial charge on any atom is -0.823 e. The van der Waals surface area contributed by atoms with Crippen LogP contribution in [0.4, 0.5) is 0 Å². The van der Waals surface area contributed by atoms with E-state index in [1.165, 1.54) is 11.4 Å². The van der Waals surface area contributed by atoms with Crippen molar-refractivity contribution in [1.82, 2.24) is 0 Å². The van der Waals surface area contributed by atoms with Crippen LogP contribution in [0.25, 0.3) is 0 Å². The summed E-state index contributed by atoms with van der Waals surface area (Å²) >= 11 is 1.26. The van der Waals surface area contributed by atoms with Gasteiger partial charge in [-0.1, -0.05) is 18.2 Å². The number of benzene rings is 1. The van der Waals surface area contributed by atoms with Crippen molar-refractivity contribution in [2.45, 2.75) is 11.8 Å². The van der Waals surface area contributed by atoms with E-state index in [-0.39, 0.29) is 5.05 Å². The molecule has 0 aliphatic rings. The zero-order valence-corrected chi connectivity index (χ0v) is 6.52. The SMILES string of the molecule is CC([O-])=[S]c1ccccc1. The van der Waals surface area contributed by atoms with Gasteiger partial charge in [0.2, 0.25) is 0 Å². The molecule has 0 N–H and O–H groups in total. The van der Waals surface area contributed by atoms with Crippen LogP contribution >= 0.6 is 11.4 Å². The molecule has 0 fully saturated rings. The second-order valence-corrected chi connectivity index (χ2v) is 3.16. The summed E-state index contributed by atoms with van der Waals surface area (Å²) < 4.78 is 0. The van der Waals surface area contributed by atoms with Crippen molar-refractivity contribution in [1.29, 1.82) is 0 Å². The van der Waals surface area contributed by atoms with E-state index in [1.807, 2.05) is 30.3 Å². The Labute approximate surface area is 64.3 Å². The summed E-state index contributed by atoms with van der Waals surface area (Å²) in [7, 11) is 0. The molecule has 0 aromatic heterocycles. The van der Waals surface area contributed by atoms with Crippen LogP contribution in [-0.2, 0) is 0 Å². The van der Waals surface area contributed by atoms with Crippen molar-refractivity contribution in [3.05, 3.63) is 30.3 Å². The van der Waals surface area contributed by atoms with Crippen molar-refractivity contribution in [2.24, 2.45) is 0 Å². The smallest absolute Gasteiger partial charge is 0.0256 e. The van der Waals surface area contributed by atoms with Crippen molar-refractivity contribution in [2.75, 3.05) is 0 Å². The molecule has 2 heteroatoms. The minimum atomic E-state index is 0.131. The first-order valence-corrected chi connectivity index (χ1v) is 3.84. The van der Waals surface area contributed by atoms with E-state index < -0.39 is 0 Å². The predicted molar refractivity (Wildman–Crippen MR) is 43.0 cm³/mol. The third-order valence-corrected chi connectivity index (χ3v) is 1.80. The molecule has 53 valence electrons. The molecule has 0 atom stereocenters. The van der Waals surface area contributed by atoms with Gasteiger partial charge in [0.25, 0.3) is 0 Å². The molecule has 1 rings (SSSR count). The Morgan fingerprint density at radius 2 is 1.90 bits per heavy atom. The topological polar surface area (TPSA) is 23.1 Å². The fraction of sp³-hybridized carbons (Fsp3) is 0.125. The average molecular weight is 152 g/mol. The second kappa shape index (κ2) is 3.44. The Bertz CT molecular complexity index is 224. The quantitative estimate of drug-likeness (QED) is 0.556. The Hall–Kier alpha value is -0.730. The molecule has 1 aromatic rings. The summed E-state index contributed by atoms with van der Waals surface area (Å²) in [6.45, 7) is 1.57. The Morgan fingerprint density at radius 3 is 2.40 bits per heavy atom. The van der Waals surface area contributed by atoms with E-state index >= 15 is 0 Å². The molecular formula is C8H8OS-. The highest BCUT2D eigenvalue weighted by molar-refractivity contribution is 7.98. The highest BCUT2D eigenvalue weighted by Gasteiger charge is 1.80. The molecule has 0 saturated heterocycles. The minimum absolute atomic E-state index is 0.131. The summed E-state index contributed by atoms with van der Waals surface area (Å²) in [4.78, 5) is 1.01. The molecular weight excluding hydrogens is 144 g/mol. The van der Waals surface area contributed by atoms with E-state index in [0.717, 1.165) is 4.90 Å². The van der Waals surface area contributed by atoms with Crippen LogP contribution in [0.2, 0.25) is 0 Å². The van der Waals surface area contributed by atoms with Gasteiger partial charge in [0.1, 0.15) is 0 Å². The van der Waals surface area contributed by atoms with Crippen molar-refractivity contribution in [3.63, 3.8) is 0 Å². The molecule has 0 spiro atoms. The molecule has 0 amide bonds. The van der Waals surface area contributed by atoms with Gasteiger partial charge < -0.3 is 5.11 Å². The second-order valence-electron chi connectivity index (χ2n) is 1.91. The maximum atomic E-state index is 10.6. The van der Waals surface area contributed by atoms with Crippen molar-refractivity contribution in [3.8, 4) is 0 Å². The summed E-state index contributed by atoms with van der Waals surface area (Å²) in [5.74, 6) is 0. The lowest BCUT2D eigenvalue weighted by molar-refractivity contribution is -0.209. The molecule has 1 nitrogen and oxygen atoms in total. The van der Waals surface area contributed by atoms with Gasteiger partial charge in [-0.15, -0.1) is 5.05 Å². The van der Waals surface area contributed by atoms with Gasteiger partial charge in [0, 0.05) is 4.90 Å². The van der Waals surface area contributed by atoms with Crippen LogP contribution in [0.5, 0.6) is 0 Å². The van der Waals surface area contributed by atoms with Crippen molar-refractivity contribution < 1.29 is 5.11 Å². The summed E-state index contributed by atoms with van der Waals surface area (Å²) in [5.41, 5.74) is 0. The van der Waals surface area contributed by atoms with Crippen LogP contribution in [0.3, 0.4) is 0 Å². The van der Waals surface area contributed by atoms with E-state index in [4.69, 9.17) is 0 Å². The van der Waals surface area contributed by atoms with Gasteiger partial charge in [0.05, 0.1) is 0 Å². The van der Waals surface area contributed by atoms with Crippen LogP contribution in [-0.4, -0.2) is 5.05 Å². The lowest BCUT2D eigenvalue weighted by Gasteiger charge is -2.00. The zero-order valence-electron chi connectivity index (χ0n) is 5.70. The van der Waals surface area contributed by atoms with Crippen LogP contribution in [0, 0.1) is 0 Å². The fourth-order valence-corrected chi connectivity index (χ4v) is 1.28. The van der Waals surface area contributed by atoms with E-state index in [0.29, 0.717) is 0 Å². The molecule has 1 radical (unpaired) electrons. The lowest BCUT2D eigenvalue weighted by Crippen LogP contribution is -2.08. The van der Waals surface area contributed by atoms with E-state index in [9.17, 15) is 5.11 Å². The zero-order chi connectivity index (χ0) is 7.40. The van der Waals surface area contributed by atoms with E-state index in [2.05, 4.69) is 0 Å². The highest BCUT2D eigenvalue weighted by Crippen LogP contribution is 2.08. The third kappa shape index (κ3) is 2.25. The standard InChI is InChI=1S/C8H9OS/c1-7(9)10-8-5-3-2-4-6-8/h2-6,9H,1H3/p-1. The maximum Gasteiger partial charge on any atom is 0.0256 e. The fourth-order valence-electron chi connectivity index (χ4n) is 0.655. The van der Waals surface area contributed by atoms with Crippen LogP contribution in [0.1, 0.15) is 6.92 Å². The molecule has 0 bridgehead atoms. The molecule has 1 aromatic carbocycles. The van der Waals surface area contributed by atoms with Gasteiger partial charge >= 0.3 is 0 Å². The van der Waals surface area contributed by atoms with Crippen LogP contribution in [0.15, 0.2) is 35.2 Å². The highest BCUT2D eigenvalue weighted by atomic mass is 32.1. The largest absolute Gasteiger partial charge is 0.823 e. The van der Waals surface area contributed by atoms with Gasteiger partial charge in [-0.05, 0) is 19.1 Å². The molecule has 0 unspecified atom stereocenters. The summed E-state index contributed by atoms with van der Waals surface area (Å²) in [6.07, 6.45) is 0. The Balaban J connectivity index is 2.87. The Kier molecular flexibility index (Phi) is 2.54. The monoisotopic (exact) mass is 152 g/mol. The lowest BCUT2D eigenvalue weighted by atomic mass is 10.4. The molecule has 10 heavy (non-hydrogen) atoms. The van der Waals surface area contributed by atoms with Gasteiger partial charge in [0.15, 0.2) is 0 Å². The molecule has 0 saturated carbocycles. The number of hydrogen-bond acceptors (Lipinski definition) is 1. The summed E-state index contributed by atoms with van der Waals surface area (Å²) in [5, 5.41) is 10.7. The molecule has 0 aliphatic carbocycles. The van der Waals surface area contributed by atoms with E-state index in [1.54, 1.807) is 6.92 Å². The first-order valence-electron chi connectivity index (χ1n) is 3.02. The van der Waals surface area contributed by atoms with Crippen molar-refractivity contribution >= 4 is 16.4 Å². The normalized spacial score (nSPS) is 11.6. The average Bonchev–Trinajstić information content (AvgIpc) is 1.88. The van der Waals surface area contributed by atoms with Gasteiger partial charge in [-0.2, -0.15) is 11.4 Å². The number of rotatable bonds is 1. The number of hydrogen-bond donors (Lipinski definition) is 0. The third-order valence-electron chi connectivity index (χ3n) is 1.00.